The zero-order valence-electron chi connectivity index (χ0n) is 16.9. The van der Waals surface area contributed by atoms with Gasteiger partial charge in [0.25, 0.3) is 0 Å². The fraction of sp³-hybridized carbons (Fsp3) is 0.500. The molecule has 0 spiro atoms. The van der Waals surface area contributed by atoms with Gasteiger partial charge in [-0.05, 0) is 45.6 Å². The predicted octanol–water partition coefficient (Wildman–Crippen LogP) is 3.37. The molecule has 0 radical (unpaired) electrons. The van der Waals surface area contributed by atoms with E-state index in [1.54, 1.807) is 23.0 Å². The topological polar surface area (TPSA) is 109 Å². The third kappa shape index (κ3) is 3.57. The van der Waals surface area contributed by atoms with E-state index in [0.29, 0.717) is 30.2 Å². The minimum atomic E-state index is -1.28. The van der Waals surface area contributed by atoms with Gasteiger partial charge in [-0.25, -0.2) is 18.7 Å². The number of aromatic amines is 1. The average molecular weight is 413 g/mol. The molecule has 2 fully saturated rings. The second-order valence-corrected chi connectivity index (χ2v) is 8.48. The first-order valence-corrected chi connectivity index (χ1v) is 10.2. The minimum absolute atomic E-state index is 0.185. The lowest BCUT2D eigenvalue weighted by molar-refractivity contribution is 0.0546. The zero-order valence-corrected chi connectivity index (χ0v) is 16.9. The van der Waals surface area contributed by atoms with Crippen molar-refractivity contribution in [2.24, 2.45) is 0 Å². The largest absolute Gasteiger partial charge is 0.443 e. The summed E-state index contributed by atoms with van der Waals surface area (Å²) in [5.41, 5.74) is 2.19. The normalized spacial score (nSPS) is 24.7. The van der Waals surface area contributed by atoms with Crippen molar-refractivity contribution in [2.45, 2.75) is 63.3 Å². The van der Waals surface area contributed by atoms with Gasteiger partial charge in [0, 0.05) is 35.6 Å². The second-order valence-electron chi connectivity index (χ2n) is 8.48. The van der Waals surface area contributed by atoms with Crippen LogP contribution in [0.1, 0.15) is 49.9 Å². The molecule has 2 aliphatic rings. The van der Waals surface area contributed by atoms with Crippen molar-refractivity contribution >= 4 is 23.2 Å². The van der Waals surface area contributed by atoms with Crippen molar-refractivity contribution in [3.05, 3.63) is 35.9 Å². The summed E-state index contributed by atoms with van der Waals surface area (Å²) >= 11 is 0. The average Bonchev–Trinajstić information content (AvgIpc) is 3.03. The third-order valence-corrected chi connectivity index (χ3v) is 5.92. The Balaban J connectivity index is 1.25. The van der Waals surface area contributed by atoms with Gasteiger partial charge in [0.05, 0.1) is 5.69 Å². The molecule has 0 saturated heterocycles. The number of alkyl carbamates (subject to hydrolysis) is 1. The number of carbonyl (C=O) groups is 1. The molecule has 2 saturated carbocycles. The monoisotopic (exact) mass is 413 g/mol. The number of alkyl halides is 1. The summed E-state index contributed by atoms with van der Waals surface area (Å²) in [6, 6.07) is 3.70. The fourth-order valence-electron chi connectivity index (χ4n) is 3.95. The van der Waals surface area contributed by atoms with Crippen molar-refractivity contribution in [3.63, 3.8) is 0 Å². The maximum atomic E-state index is 15.0. The Morgan fingerprint density at radius 3 is 3.00 bits per heavy atom. The van der Waals surface area contributed by atoms with Gasteiger partial charge in [0.1, 0.15) is 17.8 Å². The molecule has 3 N–H and O–H groups in total. The number of aromatic nitrogens is 5. The molecule has 158 valence electrons. The molecule has 10 heteroatoms. The van der Waals surface area contributed by atoms with Gasteiger partial charge in [-0.3, -0.25) is 5.10 Å². The number of ether oxygens (including phenoxy) is 1. The standard InChI is InChI=1S/C20H24FN7O2/c1-11-9-14-18(22-7-8-28(14)27-11)23-16-10-13(25-26-16)12-3-4-15(17(12)21)30-19(29)24-20(2)5-6-20/h7-10,12,15,17H,3-6H2,1-2H3,(H,24,29)(H2,22,23,25,26)/t12-,15-,17-/m1/s1. The van der Waals surface area contributed by atoms with E-state index in [9.17, 15) is 9.18 Å². The molecule has 3 heterocycles. The molecule has 1 amide bonds. The lowest BCUT2D eigenvalue weighted by Gasteiger charge is -2.19. The van der Waals surface area contributed by atoms with Crippen LogP contribution in [-0.2, 0) is 4.74 Å². The van der Waals surface area contributed by atoms with Gasteiger partial charge in [0.15, 0.2) is 11.6 Å². The molecule has 3 atom stereocenters. The molecule has 5 rings (SSSR count). The molecule has 0 unspecified atom stereocenters. The smallest absolute Gasteiger partial charge is 0.407 e. The van der Waals surface area contributed by atoms with Gasteiger partial charge in [-0.15, -0.1) is 0 Å². The maximum absolute atomic E-state index is 15.0. The number of aryl methyl sites for hydroxylation is 1. The number of rotatable bonds is 5. The summed E-state index contributed by atoms with van der Waals surface area (Å²) in [5, 5.41) is 17.5. The quantitative estimate of drug-likeness (QED) is 0.592. The van der Waals surface area contributed by atoms with Crippen molar-refractivity contribution in [3.8, 4) is 0 Å². The first-order chi connectivity index (χ1) is 14.4. The van der Waals surface area contributed by atoms with E-state index in [0.717, 1.165) is 24.1 Å². The zero-order chi connectivity index (χ0) is 20.9. The van der Waals surface area contributed by atoms with Gasteiger partial charge in [-0.2, -0.15) is 10.2 Å². The van der Waals surface area contributed by atoms with Crippen LogP contribution in [0.25, 0.3) is 5.52 Å². The van der Waals surface area contributed by atoms with Gasteiger partial charge < -0.3 is 15.4 Å². The summed E-state index contributed by atoms with van der Waals surface area (Å²) < 4.78 is 22.1. The van der Waals surface area contributed by atoms with Gasteiger partial charge in [-0.1, -0.05) is 0 Å². The van der Waals surface area contributed by atoms with Crippen molar-refractivity contribution in [1.82, 2.24) is 30.1 Å². The lowest BCUT2D eigenvalue weighted by atomic mass is 10.0. The van der Waals surface area contributed by atoms with E-state index in [1.807, 2.05) is 19.9 Å². The number of H-pyrrole nitrogens is 1. The highest BCUT2D eigenvalue weighted by Crippen LogP contribution is 2.39. The Labute approximate surface area is 172 Å². The number of nitrogens with one attached hydrogen (secondary N) is 3. The summed E-state index contributed by atoms with van der Waals surface area (Å²) in [7, 11) is 0. The van der Waals surface area contributed by atoms with E-state index in [1.165, 1.54) is 0 Å². The molecule has 3 aromatic heterocycles. The Morgan fingerprint density at radius 2 is 2.20 bits per heavy atom. The Kier molecular flexibility index (Phi) is 4.37. The van der Waals surface area contributed by atoms with Gasteiger partial charge in [0.2, 0.25) is 0 Å². The summed E-state index contributed by atoms with van der Waals surface area (Å²) in [6.07, 6.45) is 3.78. The third-order valence-electron chi connectivity index (χ3n) is 5.92. The number of halogens is 1. The van der Waals surface area contributed by atoms with E-state index in [2.05, 4.69) is 30.9 Å². The summed E-state index contributed by atoms with van der Waals surface area (Å²) in [5.74, 6) is 0.759. The highest BCUT2D eigenvalue weighted by molar-refractivity contribution is 5.72. The fourth-order valence-corrected chi connectivity index (χ4v) is 3.95. The van der Waals surface area contributed by atoms with E-state index in [4.69, 9.17) is 4.74 Å². The number of nitrogens with zero attached hydrogens (tertiary/aromatic N) is 4. The lowest BCUT2D eigenvalue weighted by Crippen LogP contribution is -2.38. The summed E-state index contributed by atoms with van der Waals surface area (Å²) in [6.45, 7) is 3.87. The van der Waals surface area contributed by atoms with Crippen LogP contribution in [0.5, 0.6) is 0 Å². The van der Waals surface area contributed by atoms with E-state index >= 15 is 0 Å². The van der Waals surface area contributed by atoms with Gasteiger partial charge >= 0.3 is 6.09 Å². The van der Waals surface area contributed by atoms with Crippen LogP contribution < -0.4 is 10.6 Å². The first kappa shape index (κ1) is 18.8. The van der Waals surface area contributed by atoms with Crippen molar-refractivity contribution in [2.75, 3.05) is 5.32 Å². The molecular formula is C20H24FN7O2. The molecule has 0 aromatic carbocycles. The Morgan fingerprint density at radius 1 is 1.37 bits per heavy atom. The SMILES string of the molecule is Cc1cc2c(Nc3cc([C@H]4CC[C@@H](OC(=O)NC5(C)CC5)[C@@H]4F)[nH]n3)nccn2n1. The van der Waals surface area contributed by atoms with E-state index < -0.39 is 24.3 Å². The molecule has 0 bridgehead atoms. The van der Waals surface area contributed by atoms with Crippen LogP contribution in [0.3, 0.4) is 0 Å². The molecule has 9 nitrogen and oxygen atoms in total. The predicted molar refractivity (Wildman–Crippen MR) is 108 cm³/mol. The number of amides is 1. The highest BCUT2D eigenvalue weighted by atomic mass is 19.1. The second kappa shape index (κ2) is 6.96. The van der Waals surface area contributed by atoms with Crippen LogP contribution >= 0.6 is 0 Å². The van der Waals surface area contributed by atoms with Crippen LogP contribution in [0.2, 0.25) is 0 Å². The minimum Gasteiger partial charge on any atom is -0.443 e. The van der Waals surface area contributed by atoms with Crippen LogP contribution in [0.15, 0.2) is 24.5 Å². The van der Waals surface area contributed by atoms with Crippen molar-refractivity contribution in [1.29, 1.82) is 0 Å². The number of hydrogen-bond acceptors (Lipinski definition) is 6. The maximum Gasteiger partial charge on any atom is 0.407 e. The van der Waals surface area contributed by atoms with Crippen LogP contribution in [0.4, 0.5) is 20.8 Å². The van der Waals surface area contributed by atoms with Crippen LogP contribution in [0, 0.1) is 6.92 Å². The molecule has 2 aliphatic carbocycles. The number of fused-ring (bicyclic) bond motifs is 1. The molecule has 3 aromatic rings. The van der Waals surface area contributed by atoms with Crippen LogP contribution in [-0.4, -0.2) is 48.7 Å². The highest BCUT2D eigenvalue weighted by Gasteiger charge is 2.43. The molecule has 0 aliphatic heterocycles. The number of anilines is 2. The molecular weight excluding hydrogens is 389 g/mol. The Hall–Kier alpha value is -3.17. The Bertz CT molecular complexity index is 1090. The van der Waals surface area contributed by atoms with E-state index in [-0.39, 0.29) is 5.54 Å². The first-order valence-electron chi connectivity index (χ1n) is 10.2. The summed E-state index contributed by atoms with van der Waals surface area (Å²) in [4.78, 5) is 16.4. The van der Waals surface area contributed by atoms with Crippen molar-refractivity contribution < 1.29 is 13.9 Å². The number of hydrogen-bond donors (Lipinski definition) is 3. The molecule has 30 heavy (non-hydrogen) atoms. The number of carbonyl (C=O) groups excluding carboxylic acids is 1.